The first-order valence-electron chi connectivity index (χ1n) is 7.88. The molecule has 0 bridgehead atoms. The zero-order valence-electron chi connectivity index (χ0n) is 14.9. The van der Waals surface area contributed by atoms with Crippen molar-refractivity contribution in [1.29, 1.82) is 0 Å². The zero-order chi connectivity index (χ0) is 19.0. The van der Waals surface area contributed by atoms with Crippen molar-refractivity contribution in [3.05, 3.63) is 12.7 Å². The first-order chi connectivity index (χ1) is 11.9. The number of amides is 1. The van der Waals surface area contributed by atoms with E-state index in [0.29, 0.717) is 6.42 Å². The van der Waals surface area contributed by atoms with Gasteiger partial charge in [-0.15, -0.1) is 6.58 Å². The van der Waals surface area contributed by atoms with Gasteiger partial charge in [-0.1, -0.05) is 6.08 Å². The molecule has 9 heteroatoms. The van der Waals surface area contributed by atoms with Gasteiger partial charge in [-0.3, -0.25) is 4.90 Å². The summed E-state index contributed by atoms with van der Waals surface area (Å²) in [6.07, 6.45) is -0.360. The lowest BCUT2D eigenvalue weighted by molar-refractivity contribution is -0.159. The van der Waals surface area contributed by atoms with E-state index in [-0.39, 0.29) is 13.4 Å². The molecule has 0 saturated carbocycles. The normalized spacial score (nSPS) is 25.8. The quantitative estimate of drug-likeness (QED) is 0.306. The molecule has 0 aromatic rings. The lowest BCUT2D eigenvalue weighted by Crippen LogP contribution is -2.61. The molecule has 0 aromatic heterocycles. The Hall–Kier alpha value is -2.13. The van der Waals surface area contributed by atoms with Gasteiger partial charge >= 0.3 is 18.2 Å². The van der Waals surface area contributed by atoms with E-state index >= 15 is 0 Å². The minimum Gasteiger partial charge on any atom is -0.453 e. The number of carbonyl (C=O) groups is 3. The number of rotatable bonds is 6. The van der Waals surface area contributed by atoms with E-state index < -0.39 is 42.3 Å². The molecule has 1 aliphatic heterocycles. The van der Waals surface area contributed by atoms with Gasteiger partial charge in [0.1, 0.15) is 12.8 Å². The zero-order valence-corrected chi connectivity index (χ0v) is 14.9. The summed E-state index contributed by atoms with van der Waals surface area (Å²) in [5.74, 6) is -1.41. The lowest BCUT2D eigenvalue weighted by Gasteiger charge is -2.45. The molecule has 0 N–H and O–H groups in total. The molecule has 142 valence electrons. The van der Waals surface area contributed by atoms with Gasteiger partial charge in [0, 0.05) is 13.0 Å². The minimum atomic E-state index is -1.12. The van der Waals surface area contributed by atoms with Crippen molar-refractivity contribution in [2.75, 3.05) is 27.6 Å². The highest BCUT2D eigenvalue weighted by molar-refractivity contribution is 5.89. The highest BCUT2D eigenvalue weighted by Gasteiger charge is 2.48. The Morgan fingerprint density at radius 3 is 2.48 bits per heavy atom. The fourth-order valence-electron chi connectivity index (χ4n) is 2.78. The molecule has 25 heavy (non-hydrogen) atoms. The molecule has 0 aromatic carbocycles. The number of piperidine rings is 1. The summed E-state index contributed by atoms with van der Waals surface area (Å²) >= 11 is 0. The van der Waals surface area contributed by atoms with Gasteiger partial charge in [-0.05, 0) is 20.3 Å². The summed E-state index contributed by atoms with van der Waals surface area (Å²) in [6, 6.07) is -1.59. The predicted octanol–water partition coefficient (Wildman–Crippen LogP) is 1.71. The van der Waals surface area contributed by atoms with Crippen LogP contribution in [0, 0.1) is 5.92 Å². The number of carbonyl (C=O) groups excluding carboxylic acids is 3. The van der Waals surface area contributed by atoms with Crippen molar-refractivity contribution in [2.45, 2.75) is 38.5 Å². The van der Waals surface area contributed by atoms with E-state index in [4.69, 9.17) is 14.2 Å². The first-order valence-corrected chi connectivity index (χ1v) is 7.88. The molecule has 0 unspecified atom stereocenters. The molecule has 4 atom stereocenters. The van der Waals surface area contributed by atoms with Crippen LogP contribution in [0.5, 0.6) is 0 Å². The number of hydrogen-bond acceptors (Lipinski definition) is 8. The first kappa shape index (κ1) is 20.9. The Labute approximate surface area is 146 Å². The summed E-state index contributed by atoms with van der Waals surface area (Å²) in [5.41, 5.74) is 0. The van der Waals surface area contributed by atoms with Crippen molar-refractivity contribution in [3.63, 3.8) is 0 Å². The van der Waals surface area contributed by atoms with Gasteiger partial charge in [0.25, 0.3) is 0 Å². The van der Waals surface area contributed by atoms with Crippen LogP contribution in [0.25, 0.3) is 0 Å². The number of esters is 1. The Balaban J connectivity index is 3.08. The maximum atomic E-state index is 12.5. The largest absolute Gasteiger partial charge is 0.516 e. The molecular formula is C16H25NO8. The molecule has 0 radical (unpaired) electrons. The molecule has 1 heterocycles. The molecule has 1 saturated heterocycles. The average Bonchev–Trinajstić information content (AvgIpc) is 2.59. The summed E-state index contributed by atoms with van der Waals surface area (Å²) < 4.78 is 24.6. The fourth-order valence-corrected chi connectivity index (χ4v) is 2.78. The van der Waals surface area contributed by atoms with Crippen molar-refractivity contribution in [1.82, 2.24) is 4.90 Å². The van der Waals surface area contributed by atoms with E-state index in [2.05, 4.69) is 16.1 Å². The number of likely N-dealkylation sites (tertiary alicyclic amines) is 1. The summed E-state index contributed by atoms with van der Waals surface area (Å²) in [7, 11) is 2.68. The second-order valence-electron chi connectivity index (χ2n) is 5.41. The van der Waals surface area contributed by atoms with Crippen LogP contribution in [0.15, 0.2) is 12.7 Å². The van der Waals surface area contributed by atoms with Gasteiger partial charge in [-0.25, -0.2) is 14.4 Å². The van der Waals surface area contributed by atoms with Crippen LogP contribution in [0.3, 0.4) is 0 Å². The standard InChI is InChI=1S/C16H25NO8/c1-6-11-8-12(24-9-21-4)10(3)17(15(19)22-5)13(11)14(18)25-16(20)23-7-2/h6,10-13H,1,7-9H2,2-5H3/t10-,11-,12-,13-/m0/s1. The molecular weight excluding hydrogens is 334 g/mol. The van der Waals surface area contributed by atoms with Gasteiger partial charge in [0.15, 0.2) is 0 Å². The molecule has 1 rings (SSSR count). The monoisotopic (exact) mass is 359 g/mol. The van der Waals surface area contributed by atoms with Crippen LogP contribution in [-0.4, -0.2) is 68.9 Å². The van der Waals surface area contributed by atoms with Crippen molar-refractivity contribution in [3.8, 4) is 0 Å². The number of hydrogen-bond donors (Lipinski definition) is 0. The highest BCUT2D eigenvalue weighted by Crippen LogP contribution is 2.32. The van der Waals surface area contributed by atoms with Crippen LogP contribution < -0.4 is 0 Å². The van der Waals surface area contributed by atoms with Gasteiger partial charge in [-0.2, -0.15) is 0 Å². The molecule has 0 spiro atoms. The SMILES string of the molecule is C=C[C@H]1C[C@H](OCOC)[C@H](C)N(C(=O)OC)[C@@H]1C(=O)OC(=O)OCC. The van der Waals surface area contributed by atoms with Crippen molar-refractivity contribution >= 4 is 18.2 Å². The second-order valence-corrected chi connectivity index (χ2v) is 5.41. The maximum absolute atomic E-state index is 12.5. The third-order valence-corrected chi connectivity index (χ3v) is 3.96. The van der Waals surface area contributed by atoms with E-state index in [1.54, 1.807) is 13.8 Å². The molecule has 9 nitrogen and oxygen atoms in total. The van der Waals surface area contributed by atoms with Crippen LogP contribution in [-0.2, 0) is 28.5 Å². The van der Waals surface area contributed by atoms with Crippen LogP contribution in [0.2, 0.25) is 0 Å². The van der Waals surface area contributed by atoms with E-state index in [0.717, 1.165) is 0 Å². The Kier molecular flexibility index (Phi) is 8.36. The summed E-state index contributed by atoms with van der Waals surface area (Å²) in [6.45, 7) is 7.09. The van der Waals surface area contributed by atoms with Gasteiger partial charge < -0.3 is 23.7 Å². The summed E-state index contributed by atoms with van der Waals surface area (Å²) in [4.78, 5) is 37.4. The predicted molar refractivity (Wildman–Crippen MR) is 85.7 cm³/mol. The van der Waals surface area contributed by atoms with E-state index in [9.17, 15) is 14.4 Å². The maximum Gasteiger partial charge on any atom is 0.516 e. The van der Waals surface area contributed by atoms with Crippen LogP contribution in [0.4, 0.5) is 9.59 Å². The third kappa shape index (κ3) is 5.17. The van der Waals surface area contributed by atoms with Gasteiger partial charge in [0.05, 0.1) is 25.9 Å². The lowest BCUT2D eigenvalue weighted by atomic mass is 9.84. The van der Waals surface area contributed by atoms with E-state index in [1.165, 1.54) is 25.2 Å². The number of ether oxygens (including phenoxy) is 5. The Morgan fingerprint density at radius 1 is 1.28 bits per heavy atom. The van der Waals surface area contributed by atoms with E-state index in [1.807, 2.05) is 0 Å². The molecule has 1 aliphatic rings. The molecule has 1 amide bonds. The highest BCUT2D eigenvalue weighted by atomic mass is 16.7. The average molecular weight is 359 g/mol. The smallest absolute Gasteiger partial charge is 0.453 e. The molecule has 1 fully saturated rings. The van der Waals surface area contributed by atoms with Gasteiger partial charge in [0.2, 0.25) is 0 Å². The summed E-state index contributed by atoms with van der Waals surface area (Å²) in [5, 5.41) is 0. The topological polar surface area (TPSA) is 101 Å². The number of methoxy groups -OCH3 is 2. The number of nitrogens with zero attached hydrogens (tertiary/aromatic N) is 1. The van der Waals surface area contributed by atoms with Crippen LogP contribution >= 0.6 is 0 Å². The third-order valence-electron chi connectivity index (χ3n) is 3.96. The fraction of sp³-hybridized carbons (Fsp3) is 0.688. The molecule has 0 aliphatic carbocycles. The van der Waals surface area contributed by atoms with Crippen molar-refractivity contribution in [2.24, 2.45) is 5.92 Å². The van der Waals surface area contributed by atoms with Crippen molar-refractivity contribution < 1.29 is 38.1 Å². The van der Waals surface area contributed by atoms with Crippen LogP contribution in [0.1, 0.15) is 20.3 Å². The Bertz CT molecular complexity index is 495. The minimum absolute atomic E-state index is 0.0336. The second kappa shape index (κ2) is 10.00. The Morgan fingerprint density at radius 2 is 1.96 bits per heavy atom.